The maximum absolute atomic E-state index is 12.9. The predicted octanol–water partition coefficient (Wildman–Crippen LogP) is 2.49. The van der Waals surface area contributed by atoms with Crippen LogP contribution >= 0.6 is 0 Å². The summed E-state index contributed by atoms with van der Waals surface area (Å²) in [5.74, 6) is 0.112. The van der Waals surface area contributed by atoms with Crippen LogP contribution in [-0.4, -0.2) is 30.6 Å². The van der Waals surface area contributed by atoms with Gasteiger partial charge in [-0.25, -0.2) is 0 Å². The van der Waals surface area contributed by atoms with Crippen molar-refractivity contribution < 1.29 is 9.53 Å². The number of hydrogen-bond donors (Lipinski definition) is 1. The first kappa shape index (κ1) is 15.7. The average Bonchev–Trinajstić information content (AvgIpc) is 2.64. The highest BCUT2D eigenvalue weighted by Crippen LogP contribution is 2.35. The molecule has 0 spiro atoms. The highest BCUT2D eigenvalue weighted by molar-refractivity contribution is 5.88. The van der Waals surface area contributed by atoms with Gasteiger partial charge in [-0.05, 0) is 42.5 Å². The van der Waals surface area contributed by atoms with Crippen molar-refractivity contribution in [1.82, 2.24) is 10.3 Å². The molecule has 1 aliphatic heterocycles. The van der Waals surface area contributed by atoms with Crippen molar-refractivity contribution in [3.8, 4) is 0 Å². The monoisotopic (exact) mass is 310 g/mol. The van der Waals surface area contributed by atoms with Gasteiger partial charge in [-0.2, -0.15) is 0 Å². The molecular formula is C19H22N2O2. The molecule has 1 saturated heterocycles. The number of pyridine rings is 1. The molecule has 120 valence electrons. The molecule has 0 aliphatic carbocycles. The van der Waals surface area contributed by atoms with Gasteiger partial charge in [-0.3, -0.25) is 9.78 Å². The summed E-state index contributed by atoms with van der Waals surface area (Å²) < 4.78 is 5.48. The molecule has 4 nitrogen and oxygen atoms in total. The van der Waals surface area contributed by atoms with Crippen molar-refractivity contribution in [1.29, 1.82) is 0 Å². The van der Waals surface area contributed by atoms with E-state index in [1.54, 1.807) is 12.4 Å². The zero-order valence-corrected chi connectivity index (χ0v) is 13.2. The molecule has 0 saturated carbocycles. The van der Waals surface area contributed by atoms with Gasteiger partial charge in [-0.1, -0.05) is 30.3 Å². The average molecular weight is 310 g/mol. The summed E-state index contributed by atoms with van der Waals surface area (Å²) in [5.41, 5.74) is 1.81. The van der Waals surface area contributed by atoms with E-state index in [9.17, 15) is 4.79 Å². The van der Waals surface area contributed by atoms with Crippen LogP contribution in [0.25, 0.3) is 0 Å². The van der Waals surface area contributed by atoms with E-state index < -0.39 is 5.41 Å². The fraction of sp³-hybridized carbons (Fsp3) is 0.368. The molecule has 1 N–H and O–H groups in total. The van der Waals surface area contributed by atoms with Gasteiger partial charge < -0.3 is 10.1 Å². The molecule has 1 aliphatic rings. The van der Waals surface area contributed by atoms with Gasteiger partial charge in [0.15, 0.2) is 0 Å². The number of nitrogens with one attached hydrogen (secondary N) is 1. The molecule has 2 heterocycles. The van der Waals surface area contributed by atoms with Gasteiger partial charge in [0.25, 0.3) is 0 Å². The number of carbonyl (C=O) groups is 1. The van der Waals surface area contributed by atoms with E-state index in [-0.39, 0.29) is 5.91 Å². The molecule has 0 unspecified atom stereocenters. The molecule has 1 aromatic carbocycles. The first-order valence-electron chi connectivity index (χ1n) is 8.12. The van der Waals surface area contributed by atoms with Crippen LogP contribution in [0.5, 0.6) is 0 Å². The van der Waals surface area contributed by atoms with E-state index in [0.717, 1.165) is 24.8 Å². The number of amides is 1. The zero-order valence-electron chi connectivity index (χ0n) is 13.2. The number of aromatic nitrogens is 1. The summed E-state index contributed by atoms with van der Waals surface area (Å²) in [6.07, 6.45) is 5.84. The predicted molar refractivity (Wildman–Crippen MR) is 89.1 cm³/mol. The lowest BCUT2D eigenvalue weighted by molar-refractivity contribution is -0.130. The second-order valence-corrected chi connectivity index (χ2v) is 5.92. The fourth-order valence-electron chi connectivity index (χ4n) is 3.16. The van der Waals surface area contributed by atoms with Gasteiger partial charge in [0.2, 0.25) is 5.91 Å². The summed E-state index contributed by atoms with van der Waals surface area (Å²) in [6.45, 7) is 1.90. The second-order valence-electron chi connectivity index (χ2n) is 5.92. The van der Waals surface area contributed by atoms with Gasteiger partial charge in [0, 0.05) is 32.2 Å². The molecule has 4 heteroatoms. The van der Waals surface area contributed by atoms with Crippen molar-refractivity contribution in [3.05, 3.63) is 66.0 Å². The van der Waals surface area contributed by atoms with Gasteiger partial charge in [0.05, 0.1) is 5.41 Å². The third-order valence-corrected chi connectivity index (χ3v) is 4.56. The molecule has 0 atom stereocenters. The number of rotatable bonds is 5. The summed E-state index contributed by atoms with van der Waals surface area (Å²) in [6, 6.07) is 14.0. The van der Waals surface area contributed by atoms with Crippen LogP contribution in [0.1, 0.15) is 24.0 Å². The Morgan fingerprint density at radius 3 is 2.48 bits per heavy atom. The van der Waals surface area contributed by atoms with Gasteiger partial charge >= 0.3 is 0 Å². The lowest BCUT2D eigenvalue weighted by Gasteiger charge is -2.36. The highest BCUT2D eigenvalue weighted by Gasteiger charge is 2.41. The van der Waals surface area contributed by atoms with Gasteiger partial charge in [-0.15, -0.1) is 0 Å². The van der Waals surface area contributed by atoms with Crippen molar-refractivity contribution in [2.75, 3.05) is 19.8 Å². The molecule has 1 fully saturated rings. The van der Waals surface area contributed by atoms with Crippen LogP contribution in [0.3, 0.4) is 0 Å². The second kappa shape index (κ2) is 7.38. The maximum Gasteiger partial charge on any atom is 0.230 e. The van der Waals surface area contributed by atoms with E-state index in [1.165, 1.54) is 5.56 Å². The zero-order chi connectivity index (χ0) is 16.0. The SMILES string of the molecule is O=C(NCCc1ccncc1)C1(c2ccccc2)CCOCC1. The third-order valence-electron chi connectivity index (χ3n) is 4.56. The molecule has 0 bridgehead atoms. The Balaban J connectivity index is 1.69. The van der Waals surface area contributed by atoms with Crippen LogP contribution in [0.15, 0.2) is 54.9 Å². The van der Waals surface area contributed by atoms with Crippen molar-refractivity contribution in [2.24, 2.45) is 0 Å². The van der Waals surface area contributed by atoms with Crippen LogP contribution in [0.4, 0.5) is 0 Å². The van der Waals surface area contributed by atoms with E-state index >= 15 is 0 Å². The Kier molecular flexibility index (Phi) is 5.03. The normalized spacial score (nSPS) is 16.7. The Morgan fingerprint density at radius 1 is 1.09 bits per heavy atom. The number of hydrogen-bond acceptors (Lipinski definition) is 3. The summed E-state index contributed by atoms with van der Waals surface area (Å²) >= 11 is 0. The molecule has 2 aromatic rings. The van der Waals surface area contributed by atoms with Gasteiger partial charge in [0.1, 0.15) is 0 Å². The Labute approximate surface area is 136 Å². The molecule has 0 radical (unpaired) electrons. The molecule has 1 amide bonds. The van der Waals surface area contributed by atoms with E-state index in [1.807, 2.05) is 42.5 Å². The van der Waals surface area contributed by atoms with E-state index in [4.69, 9.17) is 4.74 Å². The van der Waals surface area contributed by atoms with Crippen LogP contribution in [-0.2, 0) is 21.4 Å². The minimum absolute atomic E-state index is 0.112. The third kappa shape index (κ3) is 3.59. The van der Waals surface area contributed by atoms with E-state index in [2.05, 4.69) is 10.3 Å². The first-order chi connectivity index (χ1) is 11.3. The number of ether oxygens (including phenoxy) is 1. The Bertz CT molecular complexity index is 622. The van der Waals surface area contributed by atoms with Crippen molar-refractivity contribution >= 4 is 5.91 Å². The minimum Gasteiger partial charge on any atom is -0.381 e. The fourth-order valence-corrected chi connectivity index (χ4v) is 3.16. The molecule has 1 aromatic heterocycles. The lowest BCUT2D eigenvalue weighted by atomic mass is 9.73. The first-order valence-corrected chi connectivity index (χ1v) is 8.12. The van der Waals surface area contributed by atoms with Crippen LogP contribution < -0.4 is 5.32 Å². The summed E-state index contributed by atoms with van der Waals surface area (Å²) in [7, 11) is 0. The topological polar surface area (TPSA) is 51.2 Å². The molecule has 23 heavy (non-hydrogen) atoms. The number of carbonyl (C=O) groups excluding carboxylic acids is 1. The van der Waals surface area contributed by atoms with Crippen LogP contribution in [0, 0.1) is 0 Å². The lowest BCUT2D eigenvalue weighted by Crippen LogP contribution is -2.48. The Hall–Kier alpha value is -2.20. The Morgan fingerprint density at radius 2 is 1.78 bits per heavy atom. The molecule has 3 rings (SSSR count). The minimum atomic E-state index is -0.461. The maximum atomic E-state index is 12.9. The standard InChI is InChI=1S/C19H22N2O2/c22-18(21-13-8-16-6-11-20-12-7-16)19(9-14-23-15-10-19)17-4-2-1-3-5-17/h1-7,11-12H,8-10,13-15H2,(H,21,22). The van der Waals surface area contributed by atoms with Crippen molar-refractivity contribution in [3.63, 3.8) is 0 Å². The van der Waals surface area contributed by atoms with Crippen LogP contribution in [0.2, 0.25) is 0 Å². The number of nitrogens with zero attached hydrogens (tertiary/aromatic N) is 1. The quantitative estimate of drug-likeness (QED) is 0.923. The number of benzene rings is 1. The smallest absolute Gasteiger partial charge is 0.230 e. The molecular weight excluding hydrogens is 288 g/mol. The van der Waals surface area contributed by atoms with E-state index in [0.29, 0.717) is 19.8 Å². The summed E-state index contributed by atoms with van der Waals surface area (Å²) in [5, 5.41) is 3.13. The summed E-state index contributed by atoms with van der Waals surface area (Å²) in [4.78, 5) is 16.9. The van der Waals surface area contributed by atoms with Crippen molar-refractivity contribution in [2.45, 2.75) is 24.7 Å². The largest absolute Gasteiger partial charge is 0.381 e. The highest BCUT2D eigenvalue weighted by atomic mass is 16.5.